The number of carbonyl (C=O) groups is 2. The smallest absolute Gasteiger partial charge is 0.266 e. The molecular weight excluding hydrogens is 472 g/mol. The van der Waals surface area contributed by atoms with Crippen molar-refractivity contribution in [1.82, 2.24) is 10.2 Å². The number of hydrogen-bond acceptors (Lipinski definition) is 7. The molecular formula is C25H28N2O5S2. The van der Waals surface area contributed by atoms with Gasteiger partial charge < -0.3 is 19.9 Å². The minimum atomic E-state index is -0.151. The maximum Gasteiger partial charge on any atom is 0.266 e. The van der Waals surface area contributed by atoms with E-state index >= 15 is 0 Å². The number of phenols is 1. The molecule has 0 spiro atoms. The number of phenolic OH excluding ortho intramolecular Hbond substituents is 1. The first kappa shape index (κ1) is 25.6. The third-order valence-electron chi connectivity index (χ3n) is 5.29. The van der Waals surface area contributed by atoms with Crippen LogP contribution < -0.4 is 14.8 Å². The van der Waals surface area contributed by atoms with Gasteiger partial charge in [-0.3, -0.25) is 14.5 Å². The Hall–Kier alpha value is -3.04. The number of aromatic hydroxyl groups is 1. The topological polar surface area (TPSA) is 88.1 Å². The van der Waals surface area contributed by atoms with Crippen LogP contribution in [-0.2, 0) is 16.1 Å². The summed E-state index contributed by atoms with van der Waals surface area (Å²) < 4.78 is 10.9. The van der Waals surface area contributed by atoms with Crippen molar-refractivity contribution in [3.8, 4) is 17.2 Å². The number of nitrogens with zero attached hydrogens (tertiary/aromatic N) is 1. The summed E-state index contributed by atoms with van der Waals surface area (Å²) in [6, 6.07) is 13.1. The number of ether oxygens (including phenoxy) is 2. The van der Waals surface area contributed by atoms with Gasteiger partial charge in [0.1, 0.15) is 4.32 Å². The standard InChI is InChI=1S/C25H28N2O5S2/c1-31-19-13-18(14-20(32-2)23(19)29)15-21-24(30)27(25(33)34-21)12-8-4-7-11-22(28)26-16-17-9-5-3-6-10-17/h3,5-6,9-10,13-15,29H,4,7-8,11-12,16H2,1-2H3,(H,26,28)/b21-15-. The number of nitrogens with one attached hydrogen (secondary N) is 1. The van der Waals surface area contributed by atoms with E-state index in [1.54, 1.807) is 23.1 Å². The van der Waals surface area contributed by atoms with Gasteiger partial charge >= 0.3 is 0 Å². The first-order valence-corrected chi connectivity index (χ1v) is 12.2. The molecule has 2 N–H and O–H groups in total. The average Bonchev–Trinajstić information content (AvgIpc) is 3.11. The molecule has 0 saturated carbocycles. The van der Waals surface area contributed by atoms with E-state index in [-0.39, 0.29) is 29.1 Å². The minimum absolute atomic E-state index is 0.0251. The Labute approximate surface area is 209 Å². The third-order valence-corrected chi connectivity index (χ3v) is 6.67. The summed E-state index contributed by atoms with van der Waals surface area (Å²) in [5, 5.41) is 13.0. The molecule has 1 saturated heterocycles. The van der Waals surface area contributed by atoms with Crippen LogP contribution in [0, 0.1) is 0 Å². The molecule has 1 heterocycles. The highest BCUT2D eigenvalue weighted by Gasteiger charge is 2.31. The fourth-order valence-electron chi connectivity index (χ4n) is 3.46. The molecule has 34 heavy (non-hydrogen) atoms. The van der Waals surface area contributed by atoms with Gasteiger partial charge in [-0.25, -0.2) is 0 Å². The fraction of sp³-hybridized carbons (Fsp3) is 0.320. The Bertz CT molecular complexity index is 1050. The summed E-state index contributed by atoms with van der Waals surface area (Å²) in [7, 11) is 2.90. The lowest BCUT2D eigenvalue weighted by molar-refractivity contribution is -0.123. The molecule has 0 unspecified atom stereocenters. The van der Waals surface area contributed by atoms with Gasteiger partial charge in [0.2, 0.25) is 11.7 Å². The third kappa shape index (κ3) is 6.74. The first-order valence-electron chi connectivity index (χ1n) is 10.9. The van der Waals surface area contributed by atoms with E-state index in [0.29, 0.717) is 34.3 Å². The Balaban J connectivity index is 1.46. The second-order valence-corrected chi connectivity index (χ2v) is 9.36. The van der Waals surface area contributed by atoms with Gasteiger partial charge in [-0.15, -0.1) is 0 Å². The van der Waals surface area contributed by atoms with Gasteiger partial charge in [-0.05, 0) is 42.2 Å². The van der Waals surface area contributed by atoms with E-state index < -0.39 is 0 Å². The Morgan fingerprint density at radius 3 is 2.44 bits per heavy atom. The minimum Gasteiger partial charge on any atom is -0.502 e. The number of thiocarbonyl (C=S) groups is 1. The summed E-state index contributed by atoms with van der Waals surface area (Å²) in [4.78, 5) is 27.0. The number of hydrogen-bond donors (Lipinski definition) is 2. The Morgan fingerprint density at radius 1 is 1.12 bits per heavy atom. The molecule has 0 aliphatic carbocycles. The first-order chi connectivity index (χ1) is 16.4. The van der Waals surface area contributed by atoms with Crippen molar-refractivity contribution in [2.45, 2.75) is 32.2 Å². The van der Waals surface area contributed by atoms with E-state index in [1.807, 2.05) is 30.3 Å². The van der Waals surface area contributed by atoms with Gasteiger partial charge in [-0.1, -0.05) is 60.7 Å². The van der Waals surface area contributed by atoms with Gasteiger partial charge in [-0.2, -0.15) is 0 Å². The van der Waals surface area contributed by atoms with E-state index in [4.69, 9.17) is 21.7 Å². The van der Waals surface area contributed by atoms with Crippen molar-refractivity contribution in [3.05, 3.63) is 58.5 Å². The van der Waals surface area contributed by atoms with Gasteiger partial charge in [0.25, 0.3) is 5.91 Å². The van der Waals surface area contributed by atoms with Crippen LogP contribution in [0.1, 0.15) is 36.8 Å². The number of thioether (sulfide) groups is 1. The molecule has 0 radical (unpaired) electrons. The largest absolute Gasteiger partial charge is 0.502 e. The van der Waals surface area contributed by atoms with Crippen molar-refractivity contribution in [1.29, 1.82) is 0 Å². The Kier molecular flexibility index (Phi) is 9.35. The quantitative estimate of drug-likeness (QED) is 0.267. The van der Waals surface area contributed by atoms with Crippen LogP contribution in [0.2, 0.25) is 0 Å². The molecule has 2 amide bonds. The zero-order chi connectivity index (χ0) is 24.5. The lowest BCUT2D eigenvalue weighted by Crippen LogP contribution is -2.29. The lowest BCUT2D eigenvalue weighted by Gasteiger charge is -2.14. The van der Waals surface area contributed by atoms with Crippen LogP contribution >= 0.6 is 24.0 Å². The summed E-state index contributed by atoms with van der Waals surface area (Å²) >= 11 is 6.64. The monoisotopic (exact) mass is 500 g/mol. The molecule has 0 atom stereocenters. The number of methoxy groups -OCH3 is 2. The van der Waals surface area contributed by atoms with Gasteiger partial charge in [0.15, 0.2) is 11.5 Å². The van der Waals surface area contributed by atoms with Crippen molar-refractivity contribution >= 4 is 46.2 Å². The van der Waals surface area contributed by atoms with Crippen molar-refractivity contribution in [2.75, 3.05) is 20.8 Å². The average molecular weight is 501 g/mol. The molecule has 1 aliphatic rings. The van der Waals surface area contributed by atoms with Gasteiger partial charge in [0.05, 0.1) is 19.1 Å². The van der Waals surface area contributed by atoms with Gasteiger partial charge in [0, 0.05) is 19.5 Å². The van der Waals surface area contributed by atoms with Crippen LogP contribution in [0.3, 0.4) is 0 Å². The second kappa shape index (κ2) is 12.4. The second-order valence-electron chi connectivity index (χ2n) is 7.68. The number of benzene rings is 2. The maximum atomic E-state index is 12.9. The molecule has 7 nitrogen and oxygen atoms in total. The fourth-order valence-corrected chi connectivity index (χ4v) is 4.77. The van der Waals surface area contributed by atoms with Crippen LogP contribution in [0.5, 0.6) is 17.2 Å². The highest BCUT2D eigenvalue weighted by atomic mass is 32.2. The molecule has 9 heteroatoms. The van der Waals surface area contributed by atoms with Crippen molar-refractivity contribution < 1.29 is 24.2 Å². The van der Waals surface area contributed by atoms with E-state index in [0.717, 1.165) is 24.8 Å². The van der Waals surface area contributed by atoms with Crippen LogP contribution in [0.25, 0.3) is 6.08 Å². The molecule has 1 aliphatic heterocycles. The van der Waals surface area contributed by atoms with E-state index in [2.05, 4.69) is 5.32 Å². The Morgan fingerprint density at radius 2 is 1.79 bits per heavy atom. The van der Waals surface area contributed by atoms with E-state index in [1.165, 1.54) is 26.0 Å². The number of carbonyl (C=O) groups excluding carboxylic acids is 2. The molecule has 0 bridgehead atoms. The molecule has 0 aromatic heterocycles. The van der Waals surface area contributed by atoms with Crippen molar-refractivity contribution in [2.24, 2.45) is 0 Å². The number of rotatable bonds is 11. The molecule has 1 fully saturated rings. The lowest BCUT2D eigenvalue weighted by atomic mass is 10.1. The number of amides is 2. The predicted molar refractivity (Wildman–Crippen MR) is 138 cm³/mol. The summed E-state index contributed by atoms with van der Waals surface area (Å²) in [5.41, 5.74) is 1.73. The van der Waals surface area contributed by atoms with Crippen LogP contribution in [0.4, 0.5) is 0 Å². The highest BCUT2D eigenvalue weighted by Crippen LogP contribution is 2.39. The predicted octanol–water partition coefficient (Wildman–Crippen LogP) is 4.49. The van der Waals surface area contributed by atoms with Crippen LogP contribution in [0.15, 0.2) is 47.4 Å². The zero-order valence-corrected chi connectivity index (χ0v) is 20.8. The summed E-state index contributed by atoms with van der Waals surface area (Å²) in [6.07, 6.45) is 4.49. The maximum absolute atomic E-state index is 12.9. The highest BCUT2D eigenvalue weighted by molar-refractivity contribution is 8.26. The molecule has 2 aromatic rings. The van der Waals surface area contributed by atoms with E-state index in [9.17, 15) is 14.7 Å². The summed E-state index contributed by atoms with van der Waals surface area (Å²) in [6.45, 7) is 1.04. The normalized spacial score (nSPS) is 14.5. The SMILES string of the molecule is COc1cc(/C=C2\SC(=S)N(CCCCCC(=O)NCc3ccccc3)C2=O)cc(OC)c1O. The molecule has 180 valence electrons. The summed E-state index contributed by atoms with van der Waals surface area (Å²) in [5.74, 6) is 0.296. The molecule has 2 aromatic carbocycles. The van der Waals surface area contributed by atoms with Crippen molar-refractivity contribution in [3.63, 3.8) is 0 Å². The van der Waals surface area contributed by atoms with Crippen LogP contribution in [-0.4, -0.2) is 46.9 Å². The molecule has 3 rings (SSSR count). The zero-order valence-electron chi connectivity index (χ0n) is 19.2. The number of unbranched alkanes of at least 4 members (excludes halogenated alkanes) is 2.